The van der Waals surface area contributed by atoms with E-state index in [4.69, 9.17) is 0 Å². The number of aryl methyl sites for hydroxylation is 3. The Labute approximate surface area is 109 Å². The van der Waals surface area contributed by atoms with Gasteiger partial charge in [0.1, 0.15) is 0 Å². The zero-order valence-corrected chi connectivity index (χ0v) is 11.1. The highest BCUT2D eigenvalue weighted by atomic mass is 14.9. The lowest BCUT2D eigenvalue weighted by Crippen LogP contribution is -2.11. The summed E-state index contributed by atoms with van der Waals surface area (Å²) >= 11 is 0. The van der Waals surface area contributed by atoms with Gasteiger partial charge in [-0.3, -0.25) is 0 Å². The lowest BCUT2D eigenvalue weighted by Gasteiger charge is -2.19. The lowest BCUT2D eigenvalue weighted by atomic mass is 9.95. The third kappa shape index (κ3) is 2.01. The molecule has 2 aromatic rings. The second-order valence-electron chi connectivity index (χ2n) is 5.20. The van der Waals surface area contributed by atoms with E-state index < -0.39 is 0 Å². The molecule has 0 saturated heterocycles. The number of rotatable bonds is 1. The molecule has 2 aromatic carbocycles. The Morgan fingerprint density at radius 2 is 1.67 bits per heavy atom. The molecule has 0 saturated carbocycles. The molecule has 0 unspecified atom stereocenters. The predicted octanol–water partition coefficient (Wildman–Crippen LogP) is 4.33. The van der Waals surface area contributed by atoms with Crippen LogP contribution in [0.4, 0.5) is 5.69 Å². The van der Waals surface area contributed by atoms with Crippen molar-refractivity contribution in [2.45, 2.75) is 26.7 Å². The van der Waals surface area contributed by atoms with Gasteiger partial charge in [-0.2, -0.15) is 0 Å². The summed E-state index contributed by atoms with van der Waals surface area (Å²) in [5.74, 6) is 0. The Hall–Kier alpha value is -1.76. The number of hydrogen-bond acceptors (Lipinski definition) is 1. The van der Waals surface area contributed by atoms with Crippen LogP contribution in [0.2, 0.25) is 0 Å². The van der Waals surface area contributed by atoms with Crippen LogP contribution < -0.4 is 5.32 Å². The SMILES string of the molecule is Cc1ccc(-c2ccc3c(c2)CCCN3)cc1C. The van der Waals surface area contributed by atoms with Crippen LogP contribution in [0.15, 0.2) is 36.4 Å². The first-order valence-corrected chi connectivity index (χ1v) is 6.68. The molecular formula is C17H19N. The van der Waals surface area contributed by atoms with Crippen molar-refractivity contribution in [2.24, 2.45) is 0 Å². The van der Waals surface area contributed by atoms with Crippen molar-refractivity contribution in [1.82, 2.24) is 0 Å². The van der Waals surface area contributed by atoms with Crippen LogP contribution in [0.25, 0.3) is 11.1 Å². The van der Waals surface area contributed by atoms with Gasteiger partial charge in [0.2, 0.25) is 0 Å². The topological polar surface area (TPSA) is 12.0 Å². The van der Waals surface area contributed by atoms with Crippen LogP contribution in [-0.4, -0.2) is 6.54 Å². The maximum Gasteiger partial charge on any atom is 0.0373 e. The summed E-state index contributed by atoms with van der Waals surface area (Å²) < 4.78 is 0. The Morgan fingerprint density at radius 1 is 0.889 bits per heavy atom. The molecular weight excluding hydrogens is 218 g/mol. The van der Waals surface area contributed by atoms with Gasteiger partial charge in [0.05, 0.1) is 0 Å². The summed E-state index contributed by atoms with van der Waals surface area (Å²) in [7, 11) is 0. The maximum atomic E-state index is 3.46. The number of anilines is 1. The van der Waals surface area contributed by atoms with Crippen molar-refractivity contribution in [2.75, 3.05) is 11.9 Å². The molecule has 0 atom stereocenters. The van der Waals surface area contributed by atoms with Crippen molar-refractivity contribution in [1.29, 1.82) is 0 Å². The quantitative estimate of drug-likeness (QED) is 0.778. The molecule has 0 radical (unpaired) electrons. The average Bonchev–Trinajstić information content (AvgIpc) is 2.41. The number of benzene rings is 2. The van der Waals surface area contributed by atoms with E-state index in [1.165, 1.54) is 46.3 Å². The van der Waals surface area contributed by atoms with Gasteiger partial charge >= 0.3 is 0 Å². The van der Waals surface area contributed by atoms with Crippen molar-refractivity contribution >= 4 is 5.69 Å². The molecule has 3 rings (SSSR count). The summed E-state index contributed by atoms with van der Waals surface area (Å²) in [6.45, 7) is 5.45. The molecule has 1 N–H and O–H groups in total. The zero-order chi connectivity index (χ0) is 12.5. The molecule has 0 aliphatic carbocycles. The van der Waals surface area contributed by atoms with Gasteiger partial charge in [-0.1, -0.05) is 24.3 Å². The Bertz CT molecular complexity index is 584. The summed E-state index contributed by atoms with van der Waals surface area (Å²) in [6, 6.07) is 13.5. The van der Waals surface area contributed by atoms with E-state index in [1.54, 1.807) is 0 Å². The van der Waals surface area contributed by atoms with Crippen LogP contribution in [-0.2, 0) is 6.42 Å². The second kappa shape index (κ2) is 4.49. The number of hydrogen-bond donors (Lipinski definition) is 1. The third-order valence-corrected chi connectivity index (χ3v) is 3.88. The molecule has 1 heteroatoms. The van der Waals surface area contributed by atoms with Crippen LogP contribution in [0.5, 0.6) is 0 Å². The molecule has 1 heterocycles. The summed E-state index contributed by atoms with van der Waals surface area (Å²) in [5, 5.41) is 3.46. The maximum absolute atomic E-state index is 3.46. The zero-order valence-electron chi connectivity index (χ0n) is 11.1. The van der Waals surface area contributed by atoms with Gasteiger partial charge < -0.3 is 5.32 Å². The van der Waals surface area contributed by atoms with Gasteiger partial charge in [-0.05, 0) is 66.6 Å². The molecule has 0 fully saturated rings. The smallest absolute Gasteiger partial charge is 0.0373 e. The van der Waals surface area contributed by atoms with Crippen LogP contribution in [0.1, 0.15) is 23.1 Å². The highest BCUT2D eigenvalue weighted by molar-refractivity contribution is 5.70. The molecule has 1 nitrogen and oxygen atoms in total. The van der Waals surface area contributed by atoms with Crippen molar-refractivity contribution < 1.29 is 0 Å². The Kier molecular flexibility index (Phi) is 2.83. The van der Waals surface area contributed by atoms with Gasteiger partial charge in [0.25, 0.3) is 0 Å². The van der Waals surface area contributed by atoms with E-state index in [1.807, 2.05) is 0 Å². The summed E-state index contributed by atoms with van der Waals surface area (Å²) in [4.78, 5) is 0. The Balaban J connectivity index is 2.03. The summed E-state index contributed by atoms with van der Waals surface area (Å²) in [5.41, 5.74) is 8.15. The summed E-state index contributed by atoms with van der Waals surface area (Å²) in [6.07, 6.45) is 2.43. The van der Waals surface area contributed by atoms with Crippen molar-refractivity contribution in [3.8, 4) is 11.1 Å². The van der Waals surface area contributed by atoms with Crippen LogP contribution >= 0.6 is 0 Å². The highest BCUT2D eigenvalue weighted by Crippen LogP contribution is 2.29. The monoisotopic (exact) mass is 237 g/mol. The molecule has 0 aromatic heterocycles. The normalized spacial score (nSPS) is 13.9. The van der Waals surface area contributed by atoms with Gasteiger partial charge in [0.15, 0.2) is 0 Å². The lowest BCUT2D eigenvalue weighted by molar-refractivity contribution is 0.830. The standard InChI is InChI=1S/C17H19N/c1-12-5-6-14(10-13(12)2)15-7-8-17-16(11-15)4-3-9-18-17/h5-8,10-11,18H,3-4,9H2,1-2H3. The molecule has 92 valence electrons. The fourth-order valence-corrected chi connectivity index (χ4v) is 2.58. The number of fused-ring (bicyclic) bond motifs is 1. The Morgan fingerprint density at radius 3 is 2.50 bits per heavy atom. The van der Waals surface area contributed by atoms with Crippen molar-refractivity contribution in [3.63, 3.8) is 0 Å². The van der Waals surface area contributed by atoms with Gasteiger partial charge in [0, 0.05) is 12.2 Å². The molecule has 18 heavy (non-hydrogen) atoms. The van der Waals surface area contributed by atoms with Crippen LogP contribution in [0.3, 0.4) is 0 Å². The predicted molar refractivity (Wildman–Crippen MR) is 78.2 cm³/mol. The van der Waals surface area contributed by atoms with E-state index in [-0.39, 0.29) is 0 Å². The van der Waals surface area contributed by atoms with Gasteiger partial charge in [-0.15, -0.1) is 0 Å². The minimum absolute atomic E-state index is 1.11. The van der Waals surface area contributed by atoms with Gasteiger partial charge in [-0.25, -0.2) is 0 Å². The molecule has 1 aliphatic rings. The molecule has 0 amide bonds. The first-order valence-electron chi connectivity index (χ1n) is 6.68. The average molecular weight is 237 g/mol. The fourth-order valence-electron chi connectivity index (χ4n) is 2.58. The van der Waals surface area contributed by atoms with E-state index in [9.17, 15) is 0 Å². The fraction of sp³-hybridized carbons (Fsp3) is 0.294. The number of nitrogens with one attached hydrogen (secondary N) is 1. The first kappa shape index (κ1) is 11.3. The second-order valence-corrected chi connectivity index (χ2v) is 5.20. The van der Waals surface area contributed by atoms with Crippen LogP contribution in [0, 0.1) is 13.8 Å². The minimum Gasteiger partial charge on any atom is -0.385 e. The molecule has 0 spiro atoms. The van der Waals surface area contributed by atoms with E-state index in [2.05, 4.69) is 55.6 Å². The first-order chi connectivity index (χ1) is 8.74. The van der Waals surface area contributed by atoms with E-state index in [0.717, 1.165) is 6.54 Å². The molecule has 0 bridgehead atoms. The highest BCUT2D eigenvalue weighted by Gasteiger charge is 2.09. The molecule has 1 aliphatic heterocycles. The minimum atomic E-state index is 1.11. The largest absolute Gasteiger partial charge is 0.385 e. The van der Waals surface area contributed by atoms with Crippen molar-refractivity contribution in [3.05, 3.63) is 53.1 Å². The van der Waals surface area contributed by atoms with E-state index in [0.29, 0.717) is 0 Å². The van der Waals surface area contributed by atoms with E-state index >= 15 is 0 Å². The third-order valence-electron chi connectivity index (χ3n) is 3.88.